The van der Waals surface area contributed by atoms with Gasteiger partial charge >= 0.3 is 0 Å². The molecule has 8 heteroatoms. The third kappa shape index (κ3) is 5.21. The molecule has 0 unspecified atom stereocenters. The van der Waals surface area contributed by atoms with Crippen LogP contribution < -0.4 is 5.32 Å². The molecule has 122 valence electrons. The van der Waals surface area contributed by atoms with Crippen molar-refractivity contribution in [3.05, 3.63) is 53.2 Å². The summed E-state index contributed by atoms with van der Waals surface area (Å²) >= 11 is 0. The van der Waals surface area contributed by atoms with E-state index in [9.17, 15) is 4.39 Å². The van der Waals surface area contributed by atoms with Gasteiger partial charge in [-0.1, -0.05) is 5.16 Å². The molecule has 23 heavy (non-hydrogen) atoms. The molecule has 0 atom stereocenters. The van der Waals surface area contributed by atoms with E-state index in [2.05, 4.69) is 15.5 Å². The Morgan fingerprint density at radius 1 is 1.48 bits per heavy atom. The number of halogens is 2. The van der Waals surface area contributed by atoms with Crippen LogP contribution in [0.3, 0.4) is 0 Å². The zero-order chi connectivity index (χ0) is 15.9. The van der Waals surface area contributed by atoms with E-state index in [1.807, 2.05) is 18.0 Å². The minimum absolute atomic E-state index is 0. The molecule has 2 rings (SSSR count). The molecule has 0 saturated heterocycles. The smallest absolute Gasteiger partial charge is 0.194 e. The average molecular weight is 429 g/mol. The molecule has 1 heterocycles. The molecule has 0 fully saturated rings. The van der Waals surface area contributed by atoms with E-state index < -0.39 is 0 Å². The van der Waals surface area contributed by atoms with Crippen LogP contribution >= 0.6 is 24.0 Å². The van der Waals surface area contributed by atoms with Crippen molar-refractivity contribution in [1.29, 1.82) is 5.26 Å². The summed E-state index contributed by atoms with van der Waals surface area (Å²) in [6.45, 7) is 0.744. The number of nitriles is 1. The van der Waals surface area contributed by atoms with Crippen molar-refractivity contribution in [3.63, 3.8) is 0 Å². The van der Waals surface area contributed by atoms with Crippen molar-refractivity contribution in [2.75, 3.05) is 14.1 Å². The number of nitrogens with one attached hydrogen (secondary N) is 1. The van der Waals surface area contributed by atoms with Gasteiger partial charge in [-0.3, -0.25) is 4.99 Å². The predicted molar refractivity (Wildman–Crippen MR) is 94.7 cm³/mol. The van der Waals surface area contributed by atoms with Gasteiger partial charge in [0.15, 0.2) is 5.96 Å². The quantitative estimate of drug-likeness (QED) is 0.459. The molecule has 2 aromatic rings. The Morgan fingerprint density at radius 3 is 2.87 bits per heavy atom. The number of hydrogen-bond donors (Lipinski definition) is 1. The molecule has 1 aromatic heterocycles. The zero-order valence-corrected chi connectivity index (χ0v) is 15.1. The molecule has 1 aromatic carbocycles. The first-order chi connectivity index (χ1) is 10.6. The van der Waals surface area contributed by atoms with E-state index in [4.69, 9.17) is 9.78 Å². The summed E-state index contributed by atoms with van der Waals surface area (Å²) in [5, 5.41) is 15.8. The number of hydrogen-bond acceptors (Lipinski definition) is 4. The summed E-state index contributed by atoms with van der Waals surface area (Å²) in [4.78, 5) is 5.98. The molecule has 6 nitrogen and oxygen atoms in total. The highest BCUT2D eigenvalue weighted by atomic mass is 127. The molecule has 0 aliphatic heterocycles. The lowest BCUT2D eigenvalue weighted by Gasteiger charge is -2.21. The largest absolute Gasteiger partial charge is 0.364 e. The van der Waals surface area contributed by atoms with Gasteiger partial charge in [-0.2, -0.15) is 5.26 Å². The van der Waals surface area contributed by atoms with Crippen LogP contribution in [0.2, 0.25) is 0 Å². The second-order valence-corrected chi connectivity index (χ2v) is 4.67. The lowest BCUT2D eigenvalue weighted by Crippen LogP contribution is -2.38. The van der Waals surface area contributed by atoms with Crippen molar-refractivity contribution in [1.82, 2.24) is 15.4 Å². The van der Waals surface area contributed by atoms with Gasteiger partial charge in [-0.25, -0.2) is 4.39 Å². The standard InChI is InChI=1S/C15H16FN5O.HI/c1-18-15(21(2)10-13-5-6-22-20-13)19-9-12-7-11(8-17)3-4-14(12)16;/h3-7H,9-10H2,1-2H3,(H,18,19);1H. The topological polar surface area (TPSA) is 77.5 Å². The number of guanidine groups is 1. The van der Waals surface area contributed by atoms with Crippen LogP contribution in [-0.4, -0.2) is 30.1 Å². The summed E-state index contributed by atoms with van der Waals surface area (Å²) < 4.78 is 18.5. The summed E-state index contributed by atoms with van der Waals surface area (Å²) in [6, 6.07) is 8.02. The maximum Gasteiger partial charge on any atom is 0.194 e. The first-order valence-electron chi connectivity index (χ1n) is 6.63. The fourth-order valence-electron chi connectivity index (χ4n) is 1.98. The highest BCUT2D eigenvalue weighted by Gasteiger charge is 2.10. The second-order valence-electron chi connectivity index (χ2n) is 4.67. The molecule has 0 radical (unpaired) electrons. The summed E-state index contributed by atoms with van der Waals surface area (Å²) in [7, 11) is 3.48. The Hall–Kier alpha value is -2.15. The summed E-state index contributed by atoms with van der Waals surface area (Å²) in [5.74, 6) is 0.228. The highest BCUT2D eigenvalue weighted by Crippen LogP contribution is 2.10. The minimum Gasteiger partial charge on any atom is -0.364 e. The lowest BCUT2D eigenvalue weighted by atomic mass is 10.1. The maximum atomic E-state index is 13.7. The van der Waals surface area contributed by atoms with Gasteiger partial charge in [0.25, 0.3) is 0 Å². The molecule has 0 saturated carbocycles. The maximum absolute atomic E-state index is 13.7. The molecule has 0 aliphatic carbocycles. The third-order valence-corrected chi connectivity index (χ3v) is 3.08. The third-order valence-electron chi connectivity index (χ3n) is 3.08. The van der Waals surface area contributed by atoms with E-state index in [1.54, 1.807) is 13.1 Å². The SMILES string of the molecule is CN=C(NCc1cc(C#N)ccc1F)N(C)Cc1ccon1.I. The normalized spacial score (nSPS) is 10.6. The van der Waals surface area contributed by atoms with E-state index in [1.165, 1.54) is 24.5 Å². The van der Waals surface area contributed by atoms with Gasteiger partial charge < -0.3 is 14.7 Å². The van der Waals surface area contributed by atoms with Crippen molar-refractivity contribution >= 4 is 29.9 Å². The average Bonchev–Trinajstić information content (AvgIpc) is 3.02. The van der Waals surface area contributed by atoms with Gasteiger partial charge in [0, 0.05) is 32.3 Å². The lowest BCUT2D eigenvalue weighted by molar-refractivity contribution is 0.391. The van der Waals surface area contributed by atoms with Crippen LogP contribution in [0.25, 0.3) is 0 Å². The van der Waals surface area contributed by atoms with Gasteiger partial charge in [0.1, 0.15) is 17.8 Å². The van der Waals surface area contributed by atoms with Crippen LogP contribution in [0.4, 0.5) is 4.39 Å². The first kappa shape index (κ1) is 18.9. The van der Waals surface area contributed by atoms with Crippen molar-refractivity contribution in [2.24, 2.45) is 4.99 Å². The second kappa shape index (κ2) is 9.09. The van der Waals surface area contributed by atoms with Crippen LogP contribution in [0, 0.1) is 17.1 Å². The number of aliphatic imine (C=N–C) groups is 1. The minimum atomic E-state index is -0.360. The first-order valence-corrected chi connectivity index (χ1v) is 6.63. The Balaban J connectivity index is 0.00000264. The number of benzene rings is 1. The van der Waals surface area contributed by atoms with Crippen LogP contribution in [-0.2, 0) is 13.1 Å². The number of aromatic nitrogens is 1. The van der Waals surface area contributed by atoms with Crippen LogP contribution in [0.5, 0.6) is 0 Å². The zero-order valence-electron chi connectivity index (χ0n) is 12.8. The van der Waals surface area contributed by atoms with Crippen molar-refractivity contribution < 1.29 is 8.91 Å². The number of nitrogens with zero attached hydrogens (tertiary/aromatic N) is 4. The summed E-state index contributed by atoms with van der Waals surface area (Å²) in [6.07, 6.45) is 1.50. The Bertz CT molecular complexity index is 696. The van der Waals surface area contributed by atoms with Crippen LogP contribution in [0.15, 0.2) is 40.0 Å². The monoisotopic (exact) mass is 429 g/mol. The van der Waals surface area contributed by atoms with Crippen molar-refractivity contribution in [3.8, 4) is 6.07 Å². The van der Waals surface area contributed by atoms with Crippen LogP contribution in [0.1, 0.15) is 16.8 Å². The van der Waals surface area contributed by atoms with Gasteiger partial charge in [0.05, 0.1) is 18.2 Å². The van der Waals surface area contributed by atoms with E-state index in [0.29, 0.717) is 23.6 Å². The predicted octanol–water partition coefficient (Wildman–Crippen LogP) is 2.51. The van der Waals surface area contributed by atoms with Gasteiger partial charge in [-0.05, 0) is 18.2 Å². The molecule has 0 aliphatic rings. The molecule has 0 spiro atoms. The molecular weight excluding hydrogens is 412 g/mol. The molecular formula is C15H17FIN5O. The van der Waals surface area contributed by atoms with E-state index >= 15 is 0 Å². The fraction of sp³-hybridized carbons (Fsp3) is 0.267. The Labute approximate surface area is 151 Å². The molecule has 0 amide bonds. The van der Waals surface area contributed by atoms with Gasteiger partial charge in [-0.15, -0.1) is 24.0 Å². The Morgan fingerprint density at radius 2 is 2.26 bits per heavy atom. The fourth-order valence-corrected chi connectivity index (χ4v) is 1.98. The molecule has 0 bridgehead atoms. The van der Waals surface area contributed by atoms with E-state index in [-0.39, 0.29) is 36.3 Å². The molecule has 1 N–H and O–H groups in total. The number of rotatable bonds is 4. The Kier molecular flexibility index (Phi) is 7.47. The summed E-state index contributed by atoms with van der Waals surface area (Å²) in [5.41, 5.74) is 1.60. The van der Waals surface area contributed by atoms with Crippen molar-refractivity contribution in [2.45, 2.75) is 13.1 Å². The van der Waals surface area contributed by atoms with Gasteiger partial charge in [0.2, 0.25) is 0 Å². The highest BCUT2D eigenvalue weighted by molar-refractivity contribution is 14.0. The van der Waals surface area contributed by atoms with E-state index in [0.717, 1.165) is 5.69 Å².